The normalized spacial score (nSPS) is 9.50. The number of carbonyl (C=O) groups excluding carboxylic acids is 1. The van der Waals surface area contributed by atoms with Crippen molar-refractivity contribution < 1.29 is 18.3 Å². The number of hydrogen-bond acceptors (Lipinski definition) is 2. The zero-order valence-corrected chi connectivity index (χ0v) is 5.35. The van der Waals surface area contributed by atoms with Gasteiger partial charge in [-0.2, -0.15) is 0 Å². The highest BCUT2D eigenvalue weighted by Gasteiger charge is 2.10. The molecule has 0 heterocycles. The summed E-state index contributed by atoms with van der Waals surface area (Å²) in [7, 11) is 0. The third kappa shape index (κ3) is 5.21. The quantitative estimate of drug-likeness (QED) is 0.447. The molecule has 0 N–H and O–H groups in total. The van der Waals surface area contributed by atoms with Crippen molar-refractivity contribution in [2.75, 3.05) is 6.61 Å². The van der Waals surface area contributed by atoms with Crippen LogP contribution in [0.4, 0.5) is 8.78 Å². The molecule has 10 heavy (non-hydrogen) atoms. The van der Waals surface area contributed by atoms with E-state index >= 15 is 0 Å². The summed E-state index contributed by atoms with van der Waals surface area (Å²) in [6, 6.07) is 0. The van der Waals surface area contributed by atoms with Crippen molar-refractivity contribution in [3.63, 3.8) is 0 Å². The number of carbonyl (C=O) groups is 1. The second-order valence-electron chi connectivity index (χ2n) is 1.57. The number of hydrogen-bond donors (Lipinski definition) is 0. The van der Waals surface area contributed by atoms with E-state index in [-0.39, 0.29) is 6.61 Å². The van der Waals surface area contributed by atoms with Crippen LogP contribution in [0, 0.1) is 0 Å². The van der Waals surface area contributed by atoms with Gasteiger partial charge in [-0.1, -0.05) is 12.7 Å². The topological polar surface area (TPSA) is 26.3 Å². The molecule has 0 spiro atoms. The van der Waals surface area contributed by atoms with Gasteiger partial charge in [-0.3, -0.25) is 4.79 Å². The van der Waals surface area contributed by atoms with Gasteiger partial charge < -0.3 is 4.74 Å². The van der Waals surface area contributed by atoms with Gasteiger partial charge in [0.15, 0.2) is 0 Å². The Labute approximate surface area is 57.5 Å². The smallest absolute Gasteiger partial charge is 0.311 e. The molecule has 0 radical (unpaired) electrons. The van der Waals surface area contributed by atoms with Crippen LogP contribution in [0.25, 0.3) is 0 Å². The van der Waals surface area contributed by atoms with Crippen molar-refractivity contribution in [2.45, 2.75) is 12.8 Å². The molecule has 58 valence electrons. The fraction of sp³-hybridized carbons (Fsp3) is 0.500. The van der Waals surface area contributed by atoms with Crippen LogP contribution in [0.1, 0.15) is 6.42 Å². The van der Waals surface area contributed by atoms with Crippen molar-refractivity contribution >= 4 is 5.97 Å². The molecule has 0 aromatic heterocycles. The summed E-state index contributed by atoms with van der Waals surface area (Å²) >= 11 is 0. The highest BCUT2D eigenvalue weighted by Crippen LogP contribution is 1.99. The molecular weight excluding hydrogens is 142 g/mol. The predicted octanol–water partition coefficient (Wildman–Crippen LogP) is 1.37. The Bertz CT molecular complexity index is 123. The lowest BCUT2D eigenvalue weighted by Crippen LogP contribution is -2.08. The fourth-order valence-electron chi connectivity index (χ4n) is 0.337. The Hall–Kier alpha value is -0.930. The van der Waals surface area contributed by atoms with Crippen LogP contribution in [-0.4, -0.2) is 19.0 Å². The average molecular weight is 150 g/mol. The van der Waals surface area contributed by atoms with Gasteiger partial charge >= 0.3 is 5.97 Å². The monoisotopic (exact) mass is 150 g/mol. The zero-order valence-electron chi connectivity index (χ0n) is 5.35. The van der Waals surface area contributed by atoms with E-state index in [1.165, 1.54) is 6.08 Å². The molecule has 0 atom stereocenters. The number of esters is 1. The molecule has 0 saturated heterocycles. The third-order valence-corrected chi connectivity index (χ3v) is 0.683. The minimum atomic E-state index is -2.63. The molecule has 0 aliphatic heterocycles. The fourth-order valence-corrected chi connectivity index (χ4v) is 0.337. The van der Waals surface area contributed by atoms with Crippen molar-refractivity contribution in [1.82, 2.24) is 0 Å². The number of ether oxygens (including phenoxy) is 1. The maximum Gasteiger partial charge on any atom is 0.311 e. The second kappa shape index (κ2) is 4.90. The maximum absolute atomic E-state index is 11.4. The molecule has 0 aromatic carbocycles. The number of alkyl halides is 2. The molecule has 0 saturated carbocycles. The lowest BCUT2D eigenvalue weighted by atomic mass is 10.4. The number of rotatable bonds is 4. The van der Waals surface area contributed by atoms with Crippen molar-refractivity contribution in [3.8, 4) is 0 Å². The SMILES string of the molecule is C=CCOC(=O)CC(F)F. The summed E-state index contributed by atoms with van der Waals surface area (Å²) in [5.41, 5.74) is 0. The van der Waals surface area contributed by atoms with E-state index in [0.29, 0.717) is 0 Å². The van der Waals surface area contributed by atoms with Gasteiger partial charge in [0, 0.05) is 0 Å². The van der Waals surface area contributed by atoms with Gasteiger partial charge in [-0.05, 0) is 0 Å². The van der Waals surface area contributed by atoms with E-state index in [1.807, 2.05) is 0 Å². The zero-order chi connectivity index (χ0) is 7.98. The summed E-state index contributed by atoms with van der Waals surface area (Å²) in [5.74, 6) is -0.894. The Morgan fingerprint density at radius 3 is 2.70 bits per heavy atom. The first-order valence-corrected chi connectivity index (χ1v) is 2.71. The molecule has 4 heteroatoms. The highest BCUT2D eigenvalue weighted by molar-refractivity contribution is 5.69. The first-order chi connectivity index (χ1) is 4.66. The average Bonchev–Trinajstić information content (AvgIpc) is 1.82. The molecular formula is C6H8F2O2. The lowest BCUT2D eigenvalue weighted by molar-refractivity contribution is -0.145. The Kier molecular flexibility index (Phi) is 4.45. The van der Waals surface area contributed by atoms with E-state index < -0.39 is 18.8 Å². The number of halogens is 2. The predicted molar refractivity (Wildman–Crippen MR) is 31.8 cm³/mol. The summed E-state index contributed by atoms with van der Waals surface area (Å²) in [6.07, 6.45) is -2.14. The van der Waals surface area contributed by atoms with Crippen LogP contribution in [0.15, 0.2) is 12.7 Å². The Morgan fingerprint density at radius 2 is 2.30 bits per heavy atom. The molecule has 0 aromatic rings. The minimum Gasteiger partial charge on any atom is -0.461 e. The first kappa shape index (κ1) is 9.07. The maximum atomic E-state index is 11.4. The van der Waals surface area contributed by atoms with Gasteiger partial charge in [0.2, 0.25) is 6.43 Å². The van der Waals surface area contributed by atoms with Gasteiger partial charge in [0.25, 0.3) is 0 Å². The van der Waals surface area contributed by atoms with Gasteiger partial charge in [0.1, 0.15) is 13.0 Å². The van der Waals surface area contributed by atoms with E-state index in [0.717, 1.165) is 0 Å². The van der Waals surface area contributed by atoms with Crippen molar-refractivity contribution in [1.29, 1.82) is 0 Å². The highest BCUT2D eigenvalue weighted by atomic mass is 19.3. The van der Waals surface area contributed by atoms with E-state index in [1.54, 1.807) is 0 Å². The Morgan fingerprint density at radius 1 is 1.70 bits per heavy atom. The standard InChI is InChI=1S/C6H8F2O2/c1-2-3-10-6(9)4-5(7)8/h2,5H,1,3-4H2. The molecule has 2 nitrogen and oxygen atoms in total. The van der Waals surface area contributed by atoms with Crippen LogP contribution in [0.3, 0.4) is 0 Å². The van der Waals surface area contributed by atoms with Crippen LogP contribution < -0.4 is 0 Å². The van der Waals surface area contributed by atoms with Crippen LogP contribution in [-0.2, 0) is 9.53 Å². The lowest BCUT2D eigenvalue weighted by Gasteiger charge is -1.98. The minimum absolute atomic E-state index is 0.00838. The molecule has 0 aliphatic carbocycles. The summed E-state index contributed by atoms with van der Waals surface area (Å²) in [4.78, 5) is 10.3. The summed E-state index contributed by atoms with van der Waals surface area (Å²) < 4.78 is 27.0. The van der Waals surface area contributed by atoms with E-state index in [2.05, 4.69) is 11.3 Å². The first-order valence-electron chi connectivity index (χ1n) is 2.71. The molecule has 0 bridgehead atoms. The molecule has 0 aliphatic rings. The molecule has 0 rings (SSSR count). The van der Waals surface area contributed by atoms with Crippen molar-refractivity contribution in [2.24, 2.45) is 0 Å². The second-order valence-corrected chi connectivity index (χ2v) is 1.57. The van der Waals surface area contributed by atoms with Gasteiger partial charge in [0.05, 0.1) is 0 Å². The van der Waals surface area contributed by atoms with E-state index in [4.69, 9.17) is 0 Å². The van der Waals surface area contributed by atoms with Crippen molar-refractivity contribution in [3.05, 3.63) is 12.7 Å². The van der Waals surface area contributed by atoms with Crippen LogP contribution in [0.2, 0.25) is 0 Å². The summed E-state index contributed by atoms with van der Waals surface area (Å²) in [6.45, 7) is 3.24. The largest absolute Gasteiger partial charge is 0.461 e. The van der Waals surface area contributed by atoms with E-state index in [9.17, 15) is 13.6 Å². The van der Waals surface area contributed by atoms with Gasteiger partial charge in [-0.25, -0.2) is 8.78 Å². The van der Waals surface area contributed by atoms with Gasteiger partial charge in [-0.15, -0.1) is 0 Å². The Balaban J connectivity index is 3.34. The van der Waals surface area contributed by atoms with Crippen LogP contribution in [0.5, 0.6) is 0 Å². The summed E-state index contributed by atoms with van der Waals surface area (Å²) in [5, 5.41) is 0. The van der Waals surface area contributed by atoms with Crippen LogP contribution >= 0.6 is 0 Å². The molecule has 0 fully saturated rings. The molecule has 0 amide bonds. The third-order valence-electron chi connectivity index (χ3n) is 0.683. The molecule has 0 unspecified atom stereocenters.